The van der Waals surface area contributed by atoms with Crippen LogP contribution in [0.4, 0.5) is 11.5 Å². The standard InChI is InChI=1S/C17H19N7O/c1-12-7-15-17(18-4-6-23(15)20-12)21-9-14(10-21)24-11-13(8-19-24)22-5-2-3-16(22)25/h4,6-8,11,14H,2-3,5,9-10H2,1H3. The van der Waals surface area contributed by atoms with Gasteiger partial charge in [0.1, 0.15) is 5.52 Å². The van der Waals surface area contributed by atoms with Gasteiger partial charge in [-0.25, -0.2) is 9.50 Å². The highest BCUT2D eigenvalue weighted by Gasteiger charge is 2.32. The summed E-state index contributed by atoms with van der Waals surface area (Å²) in [5.41, 5.74) is 2.92. The van der Waals surface area contributed by atoms with E-state index in [9.17, 15) is 4.79 Å². The van der Waals surface area contributed by atoms with Gasteiger partial charge in [-0.1, -0.05) is 0 Å². The van der Waals surface area contributed by atoms with E-state index >= 15 is 0 Å². The van der Waals surface area contributed by atoms with Gasteiger partial charge >= 0.3 is 0 Å². The summed E-state index contributed by atoms with van der Waals surface area (Å²) in [5, 5.41) is 8.91. The molecule has 0 bridgehead atoms. The molecule has 8 heteroatoms. The van der Waals surface area contributed by atoms with Crippen LogP contribution in [0, 0.1) is 6.92 Å². The summed E-state index contributed by atoms with van der Waals surface area (Å²) in [6, 6.07) is 2.36. The van der Waals surface area contributed by atoms with Gasteiger partial charge in [-0.3, -0.25) is 9.48 Å². The minimum atomic E-state index is 0.196. The third-order valence-corrected chi connectivity index (χ3v) is 5.00. The van der Waals surface area contributed by atoms with Gasteiger partial charge in [-0.15, -0.1) is 0 Å². The lowest BCUT2D eigenvalue weighted by Crippen LogP contribution is -2.48. The molecule has 25 heavy (non-hydrogen) atoms. The Morgan fingerprint density at radius 2 is 2.16 bits per heavy atom. The van der Waals surface area contributed by atoms with Crippen molar-refractivity contribution in [3.63, 3.8) is 0 Å². The minimum absolute atomic E-state index is 0.196. The fraction of sp³-hybridized carbons (Fsp3) is 0.412. The Bertz CT molecular complexity index is 953. The lowest BCUT2D eigenvalue weighted by molar-refractivity contribution is -0.117. The predicted molar refractivity (Wildman–Crippen MR) is 92.8 cm³/mol. The number of aromatic nitrogens is 5. The Hall–Kier alpha value is -2.90. The van der Waals surface area contributed by atoms with Crippen LogP contribution in [0.1, 0.15) is 24.6 Å². The number of anilines is 2. The van der Waals surface area contributed by atoms with E-state index in [1.54, 1.807) is 12.4 Å². The molecule has 0 saturated carbocycles. The van der Waals surface area contributed by atoms with Crippen molar-refractivity contribution >= 4 is 22.9 Å². The molecule has 0 unspecified atom stereocenters. The fourth-order valence-corrected chi connectivity index (χ4v) is 3.66. The van der Waals surface area contributed by atoms with Crippen LogP contribution in [0.25, 0.3) is 5.52 Å². The Balaban J connectivity index is 1.33. The van der Waals surface area contributed by atoms with E-state index in [0.717, 1.165) is 48.8 Å². The van der Waals surface area contributed by atoms with E-state index in [4.69, 9.17) is 0 Å². The number of hydrogen-bond donors (Lipinski definition) is 0. The van der Waals surface area contributed by atoms with Crippen molar-refractivity contribution in [2.75, 3.05) is 29.4 Å². The van der Waals surface area contributed by atoms with Crippen LogP contribution in [0.5, 0.6) is 0 Å². The first-order chi connectivity index (χ1) is 12.2. The molecule has 128 valence electrons. The summed E-state index contributed by atoms with van der Waals surface area (Å²) in [5.74, 6) is 1.16. The molecule has 8 nitrogen and oxygen atoms in total. The highest BCUT2D eigenvalue weighted by atomic mass is 16.2. The summed E-state index contributed by atoms with van der Waals surface area (Å²) in [4.78, 5) is 20.5. The lowest BCUT2D eigenvalue weighted by Gasteiger charge is -2.40. The fourth-order valence-electron chi connectivity index (χ4n) is 3.66. The second kappa shape index (κ2) is 5.30. The van der Waals surface area contributed by atoms with Crippen LogP contribution in [0.15, 0.2) is 30.9 Å². The van der Waals surface area contributed by atoms with Crippen molar-refractivity contribution in [2.45, 2.75) is 25.8 Å². The molecule has 3 aromatic rings. The van der Waals surface area contributed by atoms with Gasteiger partial charge in [0, 0.05) is 44.6 Å². The number of carbonyl (C=O) groups excluding carboxylic acids is 1. The zero-order valence-electron chi connectivity index (χ0n) is 14.0. The largest absolute Gasteiger partial charge is 0.350 e. The van der Waals surface area contributed by atoms with Crippen LogP contribution in [0.3, 0.4) is 0 Å². The molecule has 0 aliphatic carbocycles. The maximum atomic E-state index is 11.9. The second-order valence-corrected chi connectivity index (χ2v) is 6.75. The van der Waals surface area contributed by atoms with Gasteiger partial charge < -0.3 is 9.80 Å². The third-order valence-electron chi connectivity index (χ3n) is 5.00. The normalized spacial score (nSPS) is 18.4. The molecule has 2 fully saturated rings. The van der Waals surface area contributed by atoms with E-state index in [1.807, 2.05) is 33.4 Å². The zero-order chi connectivity index (χ0) is 17.0. The van der Waals surface area contributed by atoms with E-state index in [-0.39, 0.29) is 5.91 Å². The maximum absolute atomic E-state index is 11.9. The number of aryl methyl sites for hydroxylation is 1. The first-order valence-corrected chi connectivity index (χ1v) is 8.59. The number of amides is 1. The smallest absolute Gasteiger partial charge is 0.227 e. The molecule has 3 aromatic heterocycles. The lowest BCUT2D eigenvalue weighted by atomic mass is 10.1. The zero-order valence-corrected chi connectivity index (χ0v) is 14.0. The molecule has 5 heterocycles. The molecule has 0 atom stereocenters. The van der Waals surface area contributed by atoms with Gasteiger partial charge in [-0.05, 0) is 19.4 Å². The van der Waals surface area contributed by atoms with E-state index in [0.29, 0.717) is 12.5 Å². The van der Waals surface area contributed by atoms with Crippen LogP contribution in [0.2, 0.25) is 0 Å². The molecule has 5 rings (SSSR count). The Morgan fingerprint density at radius 1 is 1.28 bits per heavy atom. The summed E-state index contributed by atoms with van der Waals surface area (Å²) < 4.78 is 3.84. The molecule has 0 radical (unpaired) electrons. The summed E-state index contributed by atoms with van der Waals surface area (Å²) in [6.07, 6.45) is 9.01. The minimum Gasteiger partial charge on any atom is -0.350 e. The molecule has 0 aromatic carbocycles. The summed E-state index contributed by atoms with van der Waals surface area (Å²) in [6.45, 7) is 4.49. The van der Waals surface area contributed by atoms with Crippen molar-refractivity contribution in [1.82, 2.24) is 24.4 Å². The molecule has 2 aliphatic rings. The highest BCUT2D eigenvalue weighted by molar-refractivity contribution is 5.95. The van der Waals surface area contributed by atoms with E-state index < -0.39 is 0 Å². The van der Waals surface area contributed by atoms with Crippen molar-refractivity contribution in [3.8, 4) is 0 Å². The van der Waals surface area contributed by atoms with Gasteiger partial charge in [0.15, 0.2) is 5.82 Å². The van der Waals surface area contributed by atoms with Crippen LogP contribution >= 0.6 is 0 Å². The van der Waals surface area contributed by atoms with Gasteiger partial charge in [0.2, 0.25) is 5.91 Å². The number of rotatable bonds is 3. The molecule has 1 amide bonds. The molecule has 2 saturated heterocycles. The van der Waals surface area contributed by atoms with Crippen molar-refractivity contribution in [2.24, 2.45) is 0 Å². The van der Waals surface area contributed by atoms with Crippen LogP contribution < -0.4 is 9.80 Å². The SMILES string of the molecule is Cc1cc2c(N3CC(n4cc(N5CCCC5=O)cn4)C3)nccn2n1. The number of nitrogens with zero attached hydrogens (tertiary/aromatic N) is 7. The predicted octanol–water partition coefficient (Wildman–Crippen LogP) is 1.42. The number of hydrogen-bond acceptors (Lipinski definition) is 5. The Morgan fingerprint density at radius 3 is 2.96 bits per heavy atom. The maximum Gasteiger partial charge on any atom is 0.227 e. The molecular formula is C17H19N7O. The van der Waals surface area contributed by atoms with Gasteiger partial charge in [-0.2, -0.15) is 10.2 Å². The van der Waals surface area contributed by atoms with Crippen molar-refractivity contribution < 1.29 is 4.79 Å². The highest BCUT2D eigenvalue weighted by Crippen LogP contribution is 2.30. The Kier molecular flexibility index (Phi) is 3.06. The quantitative estimate of drug-likeness (QED) is 0.723. The number of carbonyl (C=O) groups is 1. The van der Waals surface area contributed by atoms with Gasteiger partial charge in [0.25, 0.3) is 0 Å². The van der Waals surface area contributed by atoms with Crippen molar-refractivity contribution in [1.29, 1.82) is 0 Å². The molecular weight excluding hydrogens is 318 g/mol. The average Bonchev–Trinajstić information content (AvgIpc) is 3.25. The molecule has 2 aliphatic heterocycles. The van der Waals surface area contributed by atoms with Gasteiger partial charge in [0.05, 0.1) is 23.6 Å². The van der Waals surface area contributed by atoms with Crippen LogP contribution in [-0.2, 0) is 4.79 Å². The van der Waals surface area contributed by atoms with E-state index in [1.165, 1.54) is 0 Å². The molecule has 0 spiro atoms. The topological polar surface area (TPSA) is 71.6 Å². The van der Waals surface area contributed by atoms with E-state index in [2.05, 4.69) is 26.1 Å². The second-order valence-electron chi connectivity index (χ2n) is 6.75. The third kappa shape index (κ3) is 2.28. The Labute approximate surface area is 144 Å². The number of fused-ring (bicyclic) bond motifs is 1. The summed E-state index contributed by atoms with van der Waals surface area (Å²) >= 11 is 0. The molecule has 0 N–H and O–H groups in total. The van der Waals surface area contributed by atoms with Crippen molar-refractivity contribution in [3.05, 3.63) is 36.5 Å². The average molecular weight is 337 g/mol. The van der Waals surface area contributed by atoms with Crippen LogP contribution in [-0.4, -0.2) is 49.9 Å². The first-order valence-electron chi connectivity index (χ1n) is 8.59. The summed E-state index contributed by atoms with van der Waals surface area (Å²) in [7, 11) is 0. The monoisotopic (exact) mass is 337 g/mol. The first kappa shape index (κ1) is 14.4.